The number of carbonyl (C=O) groups excluding carboxylic acids is 1. The van der Waals surface area contributed by atoms with Gasteiger partial charge in [-0.15, -0.1) is 0 Å². The fraction of sp³-hybridized carbons (Fsp3) is 0.562. The molecule has 1 fully saturated rings. The van der Waals surface area contributed by atoms with E-state index in [1.54, 1.807) is 0 Å². The Hall–Kier alpha value is -1.75. The van der Waals surface area contributed by atoms with Crippen molar-refractivity contribution in [2.45, 2.75) is 25.8 Å². The van der Waals surface area contributed by atoms with Gasteiger partial charge in [-0.3, -0.25) is 5.32 Å². The van der Waals surface area contributed by atoms with E-state index < -0.39 is 6.09 Å². The van der Waals surface area contributed by atoms with Crippen LogP contribution in [-0.4, -0.2) is 44.3 Å². The molecule has 0 spiro atoms. The highest BCUT2D eigenvalue weighted by Gasteiger charge is 2.22. The van der Waals surface area contributed by atoms with Crippen molar-refractivity contribution in [3.63, 3.8) is 0 Å². The van der Waals surface area contributed by atoms with Gasteiger partial charge < -0.3 is 15.0 Å². The fourth-order valence-corrected chi connectivity index (χ4v) is 2.85. The summed E-state index contributed by atoms with van der Waals surface area (Å²) in [4.78, 5) is 13.6. The molecular weight excluding hydrogens is 266 g/mol. The fourth-order valence-electron chi connectivity index (χ4n) is 2.85. The highest BCUT2D eigenvalue weighted by atomic mass is 16.5. The number of nitrogens with zero attached hydrogens (tertiary/aromatic N) is 1. The minimum atomic E-state index is -0.450. The van der Waals surface area contributed by atoms with Gasteiger partial charge in [-0.2, -0.15) is 0 Å². The maximum Gasteiger partial charge on any atom is 0.411 e. The SMILES string of the molecule is COC(=O)Nc1cccc(NC(C)C2CCCN(C)C2)c1. The topological polar surface area (TPSA) is 53.6 Å². The van der Waals surface area contributed by atoms with Crippen LogP contribution in [0, 0.1) is 5.92 Å². The normalized spacial score (nSPS) is 20.6. The molecule has 1 amide bonds. The lowest BCUT2D eigenvalue weighted by Crippen LogP contribution is -2.39. The van der Waals surface area contributed by atoms with E-state index in [4.69, 9.17) is 0 Å². The molecule has 1 saturated heterocycles. The molecule has 0 aliphatic carbocycles. The number of rotatable bonds is 4. The Balaban J connectivity index is 1.95. The summed E-state index contributed by atoms with van der Waals surface area (Å²) in [7, 11) is 3.54. The van der Waals surface area contributed by atoms with Crippen molar-refractivity contribution in [3.8, 4) is 0 Å². The van der Waals surface area contributed by atoms with Crippen molar-refractivity contribution in [3.05, 3.63) is 24.3 Å². The van der Waals surface area contributed by atoms with Crippen molar-refractivity contribution in [2.75, 3.05) is 37.9 Å². The van der Waals surface area contributed by atoms with Crippen LogP contribution in [0.3, 0.4) is 0 Å². The molecule has 1 aromatic rings. The summed E-state index contributed by atoms with van der Waals surface area (Å²) in [6.45, 7) is 4.56. The van der Waals surface area contributed by atoms with Gasteiger partial charge in [-0.05, 0) is 57.5 Å². The Bertz CT molecular complexity index is 478. The van der Waals surface area contributed by atoms with Gasteiger partial charge >= 0.3 is 6.09 Å². The molecule has 116 valence electrons. The number of hydrogen-bond donors (Lipinski definition) is 2. The van der Waals surface area contributed by atoms with Gasteiger partial charge in [0.2, 0.25) is 0 Å². The summed E-state index contributed by atoms with van der Waals surface area (Å²) >= 11 is 0. The molecule has 2 unspecified atom stereocenters. The number of piperidine rings is 1. The van der Waals surface area contributed by atoms with Gasteiger partial charge in [0.1, 0.15) is 0 Å². The highest BCUT2D eigenvalue weighted by Crippen LogP contribution is 2.23. The Morgan fingerprint density at radius 3 is 2.90 bits per heavy atom. The van der Waals surface area contributed by atoms with E-state index in [1.807, 2.05) is 24.3 Å². The van der Waals surface area contributed by atoms with Gasteiger partial charge in [0.25, 0.3) is 0 Å². The smallest absolute Gasteiger partial charge is 0.411 e. The summed E-state index contributed by atoms with van der Waals surface area (Å²) in [6, 6.07) is 8.13. The number of nitrogens with one attached hydrogen (secondary N) is 2. The second-order valence-electron chi connectivity index (χ2n) is 5.79. The van der Waals surface area contributed by atoms with Crippen LogP contribution in [0.4, 0.5) is 16.2 Å². The molecule has 1 aliphatic rings. The zero-order valence-electron chi connectivity index (χ0n) is 13.1. The Labute approximate surface area is 126 Å². The Morgan fingerprint density at radius 1 is 1.43 bits per heavy atom. The number of ether oxygens (including phenoxy) is 1. The number of likely N-dealkylation sites (tertiary alicyclic amines) is 1. The van der Waals surface area contributed by atoms with Crippen LogP contribution >= 0.6 is 0 Å². The third kappa shape index (κ3) is 4.63. The average molecular weight is 291 g/mol. The maximum absolute atomic E-state index is 11.2. The molecule has 2 N–H and O–H groups in total. The van der Waals surface area contributed by atoms with Crippen molar-refractivity contribution < 1.29 is 9.53 Å². The second kappa shape index (κ2) is 7.31. The van der Waals surface area contributed by atoms with E-state index in [9.17, 15) is 4.79 Å². The first-order valence-electron chi connectivity index (χ1n) is 7.48. The van der Waals surface area contributed by atoms with E-state index in [0.29, 0.717) is 12.0 Å². The molecule has 0 aromatic heterocycles. The monoisotopic (exact) mass is 291 g/mol. The second-order valence-corrected chi connectivity index (χ2v) is 5.79. The summed E-state index contributed by atoms with van der Waals surface area (Å²) in [5.41, 5.74) is 1.75. The zero-order valence-corrected chi connectivity index (χ0v) is 13.1. The van der Waals surface area contributed by atoms with Crippen molar-refractivity contribution >= 4 is 17.5 Å². The first kappa shape index (κ1) is 15.6. The van der Waals surface area contributed by atoms with Gasteiger partial charge in [-0.1, -0.05) is 6.07 Å². The number of anilines is 2. The van der Waals surface area contributed by atoms with Crippen LogP contribution in [0.2, 0.25) is 0 Å². The third-order valence-corrected chi connectivity index (χ3v) is 4.06. The van der Waals surface area contributed by atoms with Crippen LogP contribution in [0.5, 0.6) is 0 Å². The largest absolute Gasteiger partial charge is 0.453 e. The first-order valence-corrected chi connectivity index (χ1v) is 7.48. The number of carbonyl (C=O) groups is 1. The predicted molar refractivity (Wildman–Crippen MR) is 85.8 cm³/mol. The predicted octanol–water partition coefficient (Wildman–Crippen LogP) is 3.01. The Morgan fingerprint density at radius 2 is 2.19 bits per heavy atom. The summed E-state index contributed by atoms with van der Waals surface area (Å²) in [5.74, 6) is 0.654. The molecule has 1 heterocycles. The molecule has 21 heavy (non-hydrogen) atoms. The number of hydrogen-bond acceptors (Lipinski definition) is 4. The number of amides is 1. The van der Waals surface area contributed by atoms with Crippen molar-refractivity contribution in [1.82, 2.24) is 4.90 Å². The zero-order chi connectivity index (χ0) is 15.2. The van der Waals surface area contributed by atoms with Gasteiger partial charge in [0.05, 0.1) is 7.11 Å². The van der Waals surface area contributed by atoms with Gasteiger partial charge in [-0.25, -0.2) is 4.79 Å². The third-order valence-electron chi connectivity index (χ3n) is 4.06. The quantitative estimate of drug-likeness (QED) is 0.895. The lowest BCUT2D eigenvalue weighted by molar-refractivity contribution is 0.187. The highest BCUT2D eigenvalue weighted by molar-refractivity contribution is 5.85. The molecule has 2 rings (SSSR count). The number of methoxy groups -OCH3 is 1. The van der Waals surface area contributed by atoms with Gasteiger partial charge in [0.15, 0.2) is 0 Å². The summed E-state index contributed by atoms with van der Waals surface area (Å²) < 4.78 is 4.61. The average Bonchev–Trinajstić information content (AvgIpc) is 2.47. The van der Waals surface area contributed by atoms with Crippen LogP contribution in [0.1, 0.15) is 19.8 Å². The minimum absolute atomic E-state index is 0.404. The summed E-state index contributed by atoms with van der Waals surface area (Å²) in [5, 5.41) is 6.23. The van der Waals surface area contributed by atoms with E-state index in [-0.39, 0.29) is 0 Å². The minimum Gasteiger partial charge on any atom is -0.453 e. The van der Waals surface area contributed by atoms with E-state index in [1.165, 1.54) is 26.5 Å². The van der Waals surface area contributed by atoms with E-state index >= 15 is 0 Å². The molecule has 0 radical (unpaired) electrons. The molecule has 5 heteroatoms. The standard InChI is InChI=1S/C16H25N3O2/c1-12(13-6-5-9-19(2)11-13)17-14-7-4-8-15(10-14)18-16(20)21-3/h4,7-8,10,12-13,17H,5-6,9,11H2,1-3H3,(H,18,20). The number of benzene rings is 1. The van der Waals surface area contributed by atoms with E-state index in [0.717, 1.165) is 17.9 Å². The molecule has 5 nitrogen and oxygen atoms in total. The molecule has 1 aromatic carbocycles. The van der Waals surface area contributed by atoms with E-state index in [2.05, 4.69) is 34.2 Å². The van der Waals surface area contributed by atoms with Crippen LogP contribution in [0.25, 0.3) is 0 Å². The molecule has 0 bridgehead atoms. The van der Waals surface area contributed by atoms with Crippen molar-refractivity contribution in [2.24, 2.45) is 5.92 Å². The van der Waals surface area contributed by atoms with Crippen molar-refractivity contribution in [1.29, 1.82) is 0 Å². The molecule has 2 atom stereocenters. The lowest BCUT2D eigenvalue weighted by atomic mass is 9.92. The van der Waals surface area contributed by atoms with Crippen LogP contribution in [0.15, 0.2) is 24.3 Å². The Kier molecular flexibility index (Phi) is 5.44. The molecule has 1 aliphatic heterocycles. The lowest BCUT2D eigenvalue weighted by Gasteiger charge is -2.34. The van der Waals surface area contributed by atoms with Crippen LogP contribution < -0.4 is 10.6 Å². The first-order chi connectivity index (χ1) is 10.1. The van der Waals surface area contributed by atoms with Crippen LogP contribution in [-0.2, 0) is 4.74 Å². The molecule has 0 saturated carbocycles. The maximum atomic E-state index is 11.2. The molecular formula is C16H25N3O2. The summed E-state index contributed by atoms with van der Waals surface area (Å²) in [6.07, 6.45) is 2.07. The van der Waals surface area contributed by atoms with Gasteiger partial charge in [0, 0.05) is 24.0 Å².